The Morgan fingerprint density at radius 3 is 2.79 bits per heavy atom. The Morgan fingerprint density at radius 1 is 1.25 bits per heavy atom. The van der Waals surface area contributed by atoms with Crippen molar-refractivity contribution in [2.45, 2.75) is 0 Å². The number of carbonyl (C=O) groups excluding carboxylic acids is 2. The van der Waals surface area contributed by atoms with Crippen LogP contribution in [-0.2, 0) is 4.74 Å². The largest absolute Gasteiger partial charge is 0.507 e. The third kappa shape index (κ3) is 3.49. The second-order valence-corrected chi connectivity index (χ2v) is 6.08. The van der Waals surface area contributed by atoms with Gasteiger partial charge in [-0.3, -0.25) is 9.69 Å². The summed E-state index contributed by atoms with van der Waals surface area (Å²) in [6.45, 7) is 0.834. The molecule has 6 heteroatoms. The van der Waals surface area contributed by atoms with Crippen molar-refractivity contribution in [2.24, 2.45) is 0 Å². The Kier molecular flexibility index (Phi) is 4.66. The Hall–Kier alpha value is -2.60. The molecule has 0 unspecified atom stereocenters. The minimum atomic E-state index is -0.399. The van der Waals surface area contributed by atoms with E-state index < -0.39 is 6.09 Å². The zero-order chi connectivity index (χ0) is 17.1. The number of amides is 1. The molecule has 1 N–H and O–H groups in total. The van der Waals surface area contributed by atoms with Gasteiger partial charge in [-0.05, 0) is 51.8 Å². The van der Waals surface area contributed by atoms with Crippen LogP contribution < -0.4 is 4.90 Å². The first-order valence-electron chi connectivity index (χ1n) is 7.30. The lowest BCUT2D eigenvalue weighted by Gasteiger charge is -2.13. The molecule has 1 aliphatic rings. The van der Waals surface area contributed by atoms with Crippen molar-refractivity contribution in [1.82, 2.24) is 0 Å². The highest BCUT2D eigenvalue weighted by atomic mass is 79.9. The van der Waals surface area contributed by atoms with Gasteiger partial charge in [-0.15, -0.1) is 0 Å². The fraction of sp³-hybridized carbons (Fsp3) is 0.111. The second kappa shape index (κ2) is 6.88. The van der Waals surface area contributed by atoms with Crippen molar-refractivity contribution < 1.29 is 19.4 Å². The lowest BCUT2D eigenvalue weighted by molar-refractivity contribution is 0.104. The summed E-state index contributed by atoms with van der Waals surface area (Å²) in [5, 5.41) is 9.47. The van der Waals surface area contributed by atoms with Crippen molar-refractivity contribution >= 4 is 39.6 Å². The van der Waals surface area contributed by atoms with E-state index in [9.17, 15) is 14.7 Å². The van der Waals surface area contributed by atoms with Crippen molar-refractivity contribution in [3.8, 4) is 5.75 Å². The Morgan fingerprint density at radius 2 is 2.08 bits per heavy atom. The lowest BCUT2D eigenvalue weighted by Crippen LogP contribution is -2.23. The van der Waals surface area contributed by atoms with E-state index in [2.05, 4.69) is 15.9 Å². The molecule has 1 saturated heterocycles. The third-order valence-corrected chi connectivity index (χ3v) is 4.24. The van der Waals surface area contributed by atoms with Gasteiger partial charge in [0.15, 0.2) is 5.78 Å². The molecule has 0 atom stereocenters. The molecule has 0 saturated carbocycles. The first-order valence-corrected chi connectivity index (χ1v) is 8.09. The maximum absolute atomic E-state index is 12.3. The summed E-state index contributed by atoms with van der Waals surface area (Å²) < 4.78 is 5.47. The number of ether oxygens (including phenoxy) is 1. The molecule has 2 aromatic carbocycles. The topological polar surface area (TPSA) is 66.8 Å². The van der Waals surface area contributed by atoms with Crippen LogP contribution in [0.1, 0.15) is 15.9 Å². The monoisotopic (exact) mass is 387 g/mol. The normalized spacial score (nSPS) is 14.2. The average molecular weight is 388 g/mol. The smallest absolute Gasteiger partial charge is 0.414 e. The third-order valence-electron chi connectivity index (χ3n) is 3.60. The predicted octanol–water partition coefficient (Wildman–Crippen LogP) is 4.01. The number of rotatable bonds is 4. The van der Waals surface area contributed by atoms with Crippen LogP contribution in [0.25, 0.3) is 6.08 Å². The Bertz CT molecular complexity index is 832. The van der Waals surface area contributed by atoms with Crippen molar-refractivity contribution in [3.63, 3.8) is 0 Å². The van der Waals surface area contributed by atoms with Crippen molar-refractivity contribution in [2.75, 3.05) is 18.1 Å². The Balaban J connectivity index is 1.78. The number of phenols is 1. The zero-order valence-corrected chi connectivity index (χ0v) is 14.2. The van der Waals surface area contributed by atoms with Crippen LogP contribution in [0.4, 0.5) is 10.5 Å². The van der Waals surface area contributed by atoms with Crippen LogP contribution >= 0.6 is 15.9 Å². The summed E-state index contributed by atoms with van der Waals surface area (Å²) in [5.74, 6) is -0.0303. The number of halogens is 1. The van der Waals surface area contributed by atoms with Crippen LogP contribution in [-0.4, -0.2) is 30.1 Å². The van der Waals surface area contributed by atoms with Crippen molar-refractivity contribution in [3.05, 3.63) is 64.1 Å². The van der Waals surface area contributed by atoms with E-state index in [0.29, 0.717) is 28.9 Å². The molecular weight excluding hydrogens is 374 g/mol. The van der Waals surface area contributed by atoms with Gasteiger partial charge in [0.25, 0.3) is 0 Å². The quantitative estimate of drug-likeness (QED) is 0.635. The number of ketones is 1. The van der Waals surface area contributed by atoms with Gasteiger partial charge in [-0.25, -0.2) is 4.79 Å². The number of phenolic OH excluding ortho intramolecular Hbond substituents is 1. The van der Waals surface area contributed by atoms with Gasteiger partial charge in [0, 0.05) is 11.3 Å². The molecule has 0 bridgehead atoms. The standard InChI is InChI=1S/C18H14BrNO4/c19-15-10-12(5-7-17(15)22)4-6-16(21)13-2-1-3-14(11-13)20-8-9-24-18(20)23/h1-7,10-11,22H,8-9H2. The lowest BCUT2D eigenvalue weighted by atomic mass is 10.1. The number of cyclic esters (lactones) is 1. The van der Waals surface area contributed by atoms with E-state index in [4.69, 9.17) is 4.74 Å². The van der Waals surface area contributed by atoms with Gasteiger partial charge < -0.3 is 9.84 Å². The first kappa shape index (κ1) is 16.3. The summed E-state index contributed by atoms with van der Waals surface area (Å²) in [7, 11) is 0. The van der Waals surface area contributed by atoms with E-state index in [1.807, 2.05) is 0 Å². The summed E-state index contributed by atoms with van der Waals surface area (Å²) in [6, 6.07) is 11.9. The molecule has 0 spiro atoms. The molecule has 1 amide bonds. The molecule has 1 fully saturated rings. The van der Waals surface area contributed by atoms with E-state index in [0.717, 1.165) is 5.56 Å². The van der Waals surface area contributed by atoms with Gasteiger partial charge in [0.2, 0.25) is 0 Å². The average Bonchev–Trinajstić information content (AvgIpc) is 3.02. The zero-order valence-electron chi connectivity index (χ0n) is 12.6. The number of allylic oxidation sites excluding steroid dienone is 1. The summed E-state index contributed by atoms with van der Waals surface area (Å²) in [4.78, 5) is 25.4. The molecule has 122 valence electrons. The van der Waals surface area contributed by atoms with Gasteiger partial charge >= 0.3 is 6.09 Å². The number of nitrogens with zero attached hydrogens (tertiary/aromatic N) is 1. The SMILES string of the molecule is O=C(C=Cc1ccc(O)c(Br)c1)c1cccc(N2CCOC2=O)c1. The highest BCUT2D eigenvalue weighted by molar-refractivity contribution is 9.10. The van der Waals surface area contributed by atoms with Gasteiger partial charge in [-0.1, -0.05) is 24.3 Å². The summed E-state index contributed by atoms with van der Waals surface area (Å²) >= 11 is 3.23. The van der Waals surface area contributed by atoms with Crippen LogP contribution in [0.15, 0.2) is 53.0 Å². The molecular formula is C18H14BrNO4. The number of anilines is 1. The highest BCUT2D eigenvalue weighted by Gasteiger charge is 2.23. The fourth-order valence-electron chi connectivity index (χ4n) is 2.35. The first-order chi connectivity index (χ1) is 11.5. The number of hydrogen-bond acceptors (Lipinski definition) is 4. The molecule has 2 aromatic rings. The van der Waals surface area contributed by atoms with Gasteiger partial charge in [-0.2, -0.15) is 0 Å². The van der Waals surface area contributed by atoms with E-state index in [1.165, 1.54) is 11.0 Å². The van der Waals surface area contributed by atoms with E-state index in [-0.39, 0.29) is 11.5 Å². The number of benzene rings is 2. The molecule has 3 rings (SSSR count). The van der Waals surface area contributed by atoms with E-state index >= 15 is 0 Å². The minimum Gasteiger partial charge on any atom is -0.507 e. The molecule has 0 radical (unpaired) electrons. The molecule has 0 aliphatic carbocycles. The van der Waals surface area contributed by atoms with E-state index in [1.54, 1.807) is 48.5 Å². The number of aromatic hydroxyl groups is 1. The van der Waals surface area contributed by atoms with Crippen LogP contribution in [0.2, 0.25) is 0 Å². The summed E-state index contributed by atoms with van der Waals surface area (Å²) in [5.41, 5.74) is 1.91. The fourth-order valence-corrected chi connectivity index (χ4v) is 2.75. The van der Waals surface area contributed by atoms with Crippen molar-refractivity contribution in [1.29, 1.82) is 0 Å². The van der Waals surface area contributed by atoms with Gasteiger partial charge in [0.05, 0.1) is 11.0 Å². The highest BCUT2D eigenvalue weighted by Crippen LogP contribution is 2.25. The molecule has 1 heterocycles. The molecule has 5 nitrogen and oxygen atoms in total. The number of hydrogen-bond donors (Lipinski definition) is 1. The Labute approximate surface area is 147 Å². The van der Waals surface area contributed by atoms with Gasteiger partial charge in [0.1, 0.15) is 12.4 Å². The predicted molar refractivity (Wildman–Crippen MR) is 94.3 cm³/mol. The van der Waals surface area contributed by atoms with Crippen LogP contribution in [0.5, 0.6) is 5.75 Å². The molecule has 1 aliphatic heterocycles. The number of carbonyl (C=O) groups is 2. The van der Waals surface area contributed by atoms with Crippen LogP contribution in [0, 0.1) is 0 Å². The summed E-state index contributed by atoms with van der Waals surface area (Å²) in [6.07, 6.45) is 2.73. The minimum absolute atomic E-state index is 0.142. The maximum atomic E-state index is 12.3. The molecule has 0 aromatic heterocycles. The van der Waals surface area contributed by atoms with Crippen LogP contribution in [0.3, 0.4) is 0 Å². The maximum Gasteiger partial charge on any atom is 0.414 e. The molecule has 24 heavy (non-hydrogen) atoms. The second-order valence-electron chi connectivity index (χ2n) is 5.22.